The van der Waals surface area contributed by atoms with Crippen LogP contribution in [0.4, 0.5) is 10.1 Å². The molecule has 19 heavy (non-hydrogen) atoms. The monoisotopic (exact) mass is 318 g/mol. The van der Waals surface area contributed by atoms with Crippen molar-refractivity contribution in [1.29, 1.82) is 5.26 Å². The quantitative estimate of drug-likeness (QED) is 0.911. The first kappa shape index (κ1) is 13.6. The molecule has 1 N–H and O–H groups in total. The largest absolute Gasteiger partial charge is 0.381 e. The van der Waals surface area contributed by atoms with E-state index in [0.717, 1.165) is 10.0 Å². The molecule has 0 bridgehead atoms. The number of halogens is 2. The van der Waals surface area contributed by atoms with Crippen LogP contribution in [0.25, 0.3) is 0 Å². The third-order valence-electron chi connectivity index (χ3n) is 2.85. The Bertz CT molecular complexity index is 647. The van der Waals surface area contributed by atoms with Gasteiger partial charge in [-0.2, -0.15) is 5.26 Å². The topological polar surface area (TPSA) is 35.8 Å². The van der Waals surface area contributed by atoms with Crippen LogP contribution in [0.15, 0.2) is 40.9 Å². The van der Waals surface area contributed by atoms with Gasteiger partial charge in [-0.15, -0.1) is 0 Å². The van der Waals surface area contributed by atoms with Gasteiger partial charge in [-0.25, -0.2) is 4.39 Å². The second-order valence-electron chi connectivity index (χ2n) is 4.23. The van der Waals surface area contributed by atoms with Crippen LogP contribution in [-0.4, -0.2) is 0 Å². The summed E-state index contributed by atoms with van der Waals surface area (Å²) in [5, 5.41) is 12.0. The van der Waals surface area contributed by atoms with Crippen LogP contribution in [0.1, 0.15) is 16.7 Å². The predicted octanol–water partition coefficient (Wildman–Crippen LogP) is 4.38. The van der Waals surface area contributed by atoms with E-state index in [0.29, 0.717) is 23.4 Å². The maximum atomic E-state index is 13.6. The van der Waals surface area contributed by atoms with Gasteiger partial charge in [0.1, 0.15) is 5.82 Å². The molecular formula is C15H12BrFN2. The van der Waals surface area contributed by atoms with Gasteiger partial charge in [0.15, 0.2) is 0 Å². The standard InChI is InChI=1S/C15H12BrFN2/c1-10-14(17)6-12(8-18)7-15(10)19-9-11-3-2-4-13(16)5-11/h2-7,19H,9H2,1H3. The van der Waals surface area contributed by atoms with Crippen molar-refractivity contribution >= 4 is 21.6 Å². The molecule has 2 rings (SSSR count). The molecule has 0 fully saturated rings. The van der Waals surface area contributed by atoms with Gasteiger partial charge in [0.25, 0.3) is 0 Å². The second-order valence-corrected chi connectivity index (χ2v) is 5.14. The van der Waals surface area contributed by atoms with Gasteiger partial charge in [0.05, 0.1) is 11.6 Å². The average Bonchev–Trinajstić information content (AvgIpc) is 2.40. The summed E-state index contributed by atoms with van der Waals surface area (Å²) in [4.78, 5) is 0. The van der Waals surface area contributed by atoms with Crippen LogP contribution in [0.2, 0.25) is 0 Å². The molecule has 0 aliphatic rings. The highest BCUT2D eigenvalue weighted by atomic mass is 79.9. The Morgan fingerprint density at radius 2 is 2.11 bits per heavy atom. The number of hydrogen-bond acceptors (Lipinski definition) is 2. The van der Waals surface area contributed by atoms with E-state index in [9.17, 15) is 4.39 Å². The molecule has 2 aromatic carbocycles. The number of nitrogens with zero attached hydrogens (tertiary/aromatic N) is 1. The van der Waals surface area contributed by atoms with E-state index in [1.54, 1.807) is 13.0 Å². The summed E-state index contributed by atoms with van der Waals surface area (Å²) in [5.74, 6) is -0.365. The lowest BCUT2D eigenvalue weighted by atomic mass is 10.1. The van der Waals surface area contributed by atoms with Gasteiger partial charge >= 0.3 is 0 Å². The molecule has 0 amide bonds. The maximum absolute atomic E-state index is 13.6. The summed E-state index contributed by atoms with van der Waals surface area (Å²) in [6, 6.07) is 12.7. The first-order valence-corrected chi connectivity index (χ1v) is 6.58. The summed E-state index contributed by atoms with van der Waals surface area (Å²) in [5.41, 5.74) is 2.57. The van der Waals surface area contributed by atoms with Crippen LogP contribution in [0.3, 0.4) is 0 Å². The van der Waals surface area contributed by atoms with Gasteiger partial charge in [0.2, 0.25) is 0 Å². The number of nitrogens with one attached hydrogen (secondary N) is 1. The Morgan fingerprint density at radius 3 is 2.79 bits per heavy atom. The minimum Gasteiger partial charge on any atom is -0.381 e. The summed E-state index contributed by atoms with van der Waals surface area (Å²) in [6.07, 6.45) is 0. The summed E-state index contributed by atoms with van der Waals surface area (Å²) >= 11 is 3.41. The zero-order valence-electron chi connectivity index (χ0n) is 10.4. The Labute approximate surface area is 120 Å². The fourth-order valence-electron chi connectivity index (χ4n) is 1.77. The molecule has 0 spiro atoms. The Balaban J connectivity index is 2.20. The summed E-state index contributed by atoms with van der Waals surface area (Å²) in [7, 11) is 0. The lowest BCUT2D eigenvalue weighted by Gasteiger charge is -2.11. The fraction of sp³-hybridized carbons (Fsp3) is 0.133. The molecule has 0 unspecified atom stereocenters. The smallest absolute Gasteiger partial charge is 0.129 e. The van der Waals surface area contributed by atoms with E-state index in [4.69, 9.17) is 5.26 Å². The van der Waals surface area contributed by atoms with Crippen molar-refractivity contribution in [3.63, 3.8) is 0 Å². The predicted molar refractivity (Wildman–Crippen MR) is 77.3 cm³/mol. The van der Waals surface area contributed by atoms with Crippen LogP contribution >= 0.6 is 15.9 Å². The maximum Gasteiger partial charge on any atom is 0.129 e. The minimum atomic E-state index is -0.365. The molecular weight excluding hydrogens is 307 g/mol. The van der Waals surface area contributed by atoms with Crippen molar-refractivity contribution in [2.24, 2.45) is 0 Å². The first-order valence-electron chi connectivity index (χ1n) is 5.78. The summed E-state index contributed by atoms with van der Waals surface area (Å²) in [6.45, 7) is 2.27. The van der Waals surface area contributed by atoms with Gasteiger partial charge in [-0.3, -0.25) is 0 Å². The lowest BCUT2D eigenvalue weighted by Crippen LogP contribution is -2.03. The van der Waals surface area contributed by atoms with E-state index >= 15 is 0 Å². The van der Waals surface area contributed by atoms with Gasteiger partial charge < -0.3 is 5.32 Å². The third-order valence-corrected chi connectivity index (χ3v) is 3.34. The molecule has 2 nitrogen and oxygen atoms in total. The number of hydrogen-bond donors (Lipinski definition) is 1. The van der Waals surface area contributed by atoms with E-state index in [2.05, 4.69) is 21.2 Å². The molecule has 0 heterocycles. The van der Waals surface area contributed by atoms with Crippen LogP contribution < -0.4 is 5.32 Å². The van der Waals surface area contributed by atoms with Crippen LogP contribution in [-0.2, 0) is 6.54 Å². The first-order chi connectivity index (χ1) is 9.10. The normalized spacial score (nSPS) is 10.0. The molecule has 0 radical (unpaired) electrons. The van der Waals surface area contributed by atoms with Crippen molar-refractivity contribution < 1.29 is 4.39 Å². The second kappa shape index (κ2) is 5.85. The Morgan fingerprint density at radius 1 is 1.32 bits per heavy atom. The van der Waals surface area contributed by atoms with Crippen LogP contribution in [0, 0.1) is 24.1 Å². The van der Waals surface area contributed by atoms with Crippen LogP contribution in [0.5, 0.6) is 0 Å². The van der Waals surface area contributed by atoms with E-state index in [1.807, 2.05) is 30.3 Å². The van der Waals surface area contributed by atoms with E-state index in [-0.39, 0.29) is 5.82 Å². The zero-order valence-corrected chi connectivity index (χ0v) is 12.0. The molecule has 2 aromatic rings. The van der Waals surface area contributed by atoms with Crippen molar-refractivity contribution in [1.82, 2.24) is 0 Å². The number of anilines is 1. The van der Waals surface area contributed by atoms with Crippen molar-refractivity contribution in [2.45, 2.75) is 13.5 Å². The average molecular weight is 319 g/mol. The minimum absolute atomic E-state index is 0.319. The molecule has 0 saturated carbocycles. The molecule has 0 aliphatic heterocycles. The Kier molecular flexibility index (Phi) is 4.18. The third kappa shape index (κ3) is 3.33. The zero-order chi connectivity index (χ0) is 13.8. The highest BCUT2D eigenvalue weighted by Gasteiger charge is 2.07. The molecule has 0 saturated heterocycles. The van der Waals surface area contributed by atoms with Gasteiger partial charge in [-0.1, -0.05) is 28.1 Å². The SMILES string of the molecule is Cc1c(F)cc(C#N)cc1NCc1cccc(Br)c1. The van der Waals surface area contributed by atoms with Crippen molar-refractivity contribution in [2.75, 3.05) is 5.32 Å². The molecule has 4 heteroatoms. The van der Waals surface area contributed by atoms with E-state index < -0.39 is 0 Å². The fourth-order valence-corrected chi connectivity index (χ4v) is 2.22. The van der Waals surface area contributed by atoms with Gasteiger partial charge in [0, 0.05) is 22.3 Å². The number of rotatable bonds is 3. The molecule has 0 atom stereocenters. The number of benzene rings is 2. The highest BCUT2D eigenvalue weighted by Crippen LogP contribution is 2.21. The van der Waals surface area contributed by atoms with Crippen molar-refractivity contribution in [3.05, 3.63) is 63.4 Å². The summed E-state index contributed by atoms with van der Waals surface area (Å²) < 4.78 is 14.6. The lowest BCUT2D eigenvalue weighted by molar-refractivity contribution is 0.618. The molecule has 0 aliphatic carbocycles. The van der Waals surface area contributed by atoms with E-state index in [1.165, 1.54) is 6.07 Å². The van der Waals surface area contributed by atoms with Crippen molar-refractivity contribution in [3.8, 4) is 6.07 Å². The number of nitriles is 1. The molecule has 0 aromatic heterocycles. The van der Waals surface area contributed by atoms with Gasteiger partial charge in [-0.05, 0) is 36.8 Å². The Hall–Kier alpha value is -1.86. The highest BCUT2D eigenvalue weighted by molar-refractivity contribution is 9.10. The molecule has 96 valence electrons.